The van der Waals surface area contributed by atoms with Crippen LogP contribution in [-0.4, -0.2) is 22.0 Å². The lowest BCUT2D eigenvalue weighted by molar-refractivity contribution is -0.384. The van der Waals surface area contributed by atoms with Crippen molar-refractivity contribution < 1.29 is 14.8 Å². The van der Waals surface area contributed by atoms with Gasteiger partial charge in [-0.15, -0.1) is 0 Å². The number of nitrogens with one attached hydrogen (secondary N) is 1. The minimum absolute atomic E-state index is 0.0238. The molecule has 0 fully saturated rings. The maximum Gasteiger partial charge on any atom is 0.303 e. The predicted octanol–water partition coefficient (Wildman–Crippen LogP) is 3.02. The SMILES string of the molecule is CC(CCC(=O)O)Nc1cc(Br)ccc1[N+](=O)[O-]. The first kappa shape index (κ1) is 14.4. The van der Waals surface area contributed by atoms with Crippen LogP contribution < -0.4 is 5.32 Å². The summed E-state index contributed by atoms with van der Waals surface area (Å²) in [6.45, 7) is 1.79. The monoisotopic (exact) mass is 316 g/mol. The third kappa shape index (κ3) is 4.33. The van der Waals surface area contributed by atoms with Crippen molar-refractivity contribution in [3.05, 3.63) is 32.8 Å². The summed E-state index contributed by atoms with van der Waals surface area (Å²) in [4.78, 5) is 20.8. The van der Waals surface area contributed by atoms with Crippen molar-refractivity contribution in [2.24, 2.45) is 0 Å². The molecule has 0 spiro atoms. The van der Waals surface area contributed by atoms with Gasteiger partial charge in [0.15, 0.2) is 0 Å². The van der Waals surface area contributed by atoms with Gasteiger partial charge in [-0.3, -0.25) is 14.9 Å². The maximum atomic E-state index is 10.8. The normalized spacial score (nSPS) is 11.9. The minimum atomic E-state index is -0.882. The molecule has 0 saturated carbocycles. The summed E-state index contributed by atoms with van der Waals surface area (Å²) in [6, 6.07) is 4.44. The Morgan fingerprint density at radius 2 is 2.28 bits per heavy atom. The quantitative estimate of drug-likeness (QED) is 0.621. The molecule has 6 nitrogen and oxygen atoms in total. The van der Waals surface area contributed by atoms with Crippen molar-refractivity contribution in [3.8, 4) is 0 Å². The fourth-order valence-electron chi connectivity index (χ4n) is 1.46. The molecular weight excluding hydrogens is 304 g/mol. The molecule has 98 valence electrons. The molecular formula is C11H13BrN2O4. The molecule has 0 aliphatic rings. The number of aliphatic carboxylic acids is 1. The summed E-state index contributed by atoms with van der Waals surface area (Å²) < 4.78 is 0.723. The van der Waals surface area contributed by atoms with Gasteiger partial charge in [0.1, 0.15) is 5.69 Å². The lowest BCUT2D eigenvalue weighted by Crippen LogP contribution is -2.17. The lowest BCUT2D eigenvalue weighted by atomic mass is 10.1. The van der Waals surface area contributed by atoms with Crippen LogP contribution in [0, 0.1) is 10.1 Å². The van der Waals surface area contributed by atoms with Gasteiger partial charge in [-0.05, 0) is 25.5 Å². The number of hydrogen-bond donors (Lipinski definition) is 2. The van der Waals surface area contributed by atoms with Crippen LogP contribution in [0.25, 0.3) is 0 Å². The van der Waals surface area contributed by atoms with Crippen molar-refractivity contribution in [1.82, 2.24) is 0 Å². The molecule has 1 rings (SSSR count). The zero-order valence-corrected chi connectivity index (χ0v) is 11.3. The first-order valence-corrected chi connectivity index (χ1v) is 6.11. The standard InChI is InChI=1S/C11H13BrN2O4/c1-7(2-5-11(15)16)13-9-6-8(12)3-4-10(9)14(17)18/h3-4,6-7,13H,2,5H2,1H3,(H,15,16). The molecule has 0 heterocycles. The number of hydrogen-bond acceptors (Lipinski definition) is 4. The van der Waals surface area contributed by atoms with Crippen LogP contribution >= 0.6 is 15.9 Å². The van der Waals surface area contributed by atoms with Crippen molar-refractivity contribution in [2.45, 2.75) is 25.8 Å². The Kier molecular flexibility index (Phi) is 5.08. The van der Waals surface area contributed by atoms with Crippen LogP contribution in [-0.2, 0) is 4.79 Å². The van der Waals surface area contributed by atoms with Crippen LogP contribution in [0.2, 0.25) is 0 Å². The third-order valence-corrected chi connectivity index (χ3v) is 2.84. The van der Waals surface area contributed by atoms with E-state index >= 15 is 0 Å². The van der Waals surface area contributed by atoms with Gasteiger partial charge < -0.3 is 10.4 Å². The maximum absolute atomic E-state index is 10.8. The fraction of sp³-hybridized carbons (Fsp3) is 0.364. The van der Waals surface area contributed by atoms with E-state index in [0.717, 1.165) is 4.47 Å². The molecule has 0 aromatic heterocycles. The van der Waals surface area contributed by atoms with E-state index in [4.69, 9.17) is 5.11 Å². The summed E-state index contributed by atoms with van der Waals surface area (Å²) >= 11 is 3.24. The number of nitro groups is 1. The van der Waals surface area contributed by atoms with Crippen molar-refractivity contribution in [1.29, 1.82) is 0 Å². The Hall–Kier alpha value is -1.63. The van der Waals surface area contributed by atoms with Gasteiger partial charge in [-0.1, -0.05) is 15.9 Å². The number of rotatable bonds is 6. The Labute approximate surface area is 112 Å². The van der Waals surface area contributed by atoms with Gasteiger partial charge in [0.05, 0.1) is 4.92 Å². The largest absolute Gasteiger partial charge is 0.481 e. The Morgan fingerprint density at radius 1 is 1.61 bits per heavy atom. The average Bonchev–Trinajstić information content (AvgIpc) is 2.26. The summed E-state index contributed by atoms with van der Waals surface area (Å²) in [5.41, 5.74) is 0.354. The van der Waals surface area contributed by atoms with Crippen LogP contribution in [0.4, 0.5) is 11.4 Å². The molecule has 1 unspecified atom stereocenters. The molecule has 2 N–H and O–H groups in total. The number of anilines is 1. The topological polar surface area (TPSA) is 92.5 Å². The van der Waals surface area contributed by atoms with E-state index in [1.807, 2.05) is 0 Å². The van der Waals surface area contributed by atoms with E-state index in [1.54, 1.807) is 19.1 Å². The first-order chi connectivity index (χ1) is 8.40. The van der Waals surface area contributed by atoms with Gasteiger partial charge in [0.25, 0.3) is 5.69 Å². The van der Waals surface area contributed by atoms with E-state index < -0.39 is 10.9 Å². The molecule has 1 atom stereocenters. The van der Waals surface area contributed by atoms with Gasteiger partial charge in [0.2, 0.25) is 0 Å². The number of nitro benzene ring substituents is 1. The van der Waals surface area contributed by atoms with Crippen LogP contribution in [0.15, 0.2) is 22.7 Å². The fourth-order valence-corrected chi connectivity index (χ4v) is 1.82. The summed E-state index contributed by atoms with van der Waals surface area (Å²) in [5, 5.41) is 22.4. The molecule has 18 heavy (non-hydrogen) atoms. The Bertz CT molecular complexity index is 464. The molecule has 0 amide bonds. The van der Waals surface area contributed by atoms with Crippen LogP contribution in [0.3, 0.4) is 0 Å². The average molecular weight is 317 g/mol. The Balaban J connectivity index is 2.79. The summed E-state index contributed by atoms with van der Waals surface area (Å²) in [7, 11) is 0. The molecule has 0 saturated heterocycles. The molecule has 0 aliphatic carbocycles. The van der Waals surface area contributed by atoms with Gasteiger partial charge in [-0.25, -0.2) is 0 Å². The van der Waals surface area contributed by atoms with Gasteiger partial charge in [0, 0.05) is 23.0 Å². The lowest BCUT2D eigenvalue weighted by Gasteiger charge is -2.14. The van der Waals surface area contributed by atoms with Crippen LogP contribution in [0.1, 0.15) is 19.8 Å². The second kappa shape index (κ2) is 6.34. The van der Waals surface area contributed by atoms with E-state index in [2.05, 4.69) is 21.2 Å². The predicted molar refractivity (Wildman–Crippen MR) is 70.8 cm³/mol. The summed E-state index contributed by atoms with van der Waals surface area (Å²) in [5.74, 6) is -0.882. The third-order valence-electron chi connectivity index (χ3n) is 2.35. The highest BCUT2D eigenvalue weighted by Gasteiger charge is 2.15. The van der Waals surface area contributed by atoms with Gasteiger partial charge in [-0.2, -0.15) is 0 Å². The smallest absolute Gasteiger partial charge is 0.303 e. The van der Waals surface area contributed by atoms with E-state index in [1.165, 1.54) is 6.07 Å². The number of benzene rings is 1. The number of nitrogens with zero attached hydrogens (tertiary/aromatic N) is 1. The van der Waals surface area contributed by atoms with E-state index in [-0.39, 0.29) is 18.2 Å². The highest BCUT2D eigenvalue weighted by Crippen LogP contribution is 2.28. The molecule has 0 radical (unpaired) electrons. The van der Waals surface area contributed by atoms with Crippen molar-refractivity contribution in [2.75, 3.05) is 5.32 Å². The minimum Gasteiger partial charge on any atom is -0.481 e. The zero-order valence-electron chi connectivity index (χ0n) is 9.72. The van der Waals surface area contributed by atoms with Gasteiger partial charge >= 0.3 is 5.97 Å². The molecule has 1 aromatic rings. The Morgan fingerprint density at radius 3 is 2.83 bits per heavy atom. The first-order valence-electron chi connectivity index (χ1n) is 5.32. The highest BCUT2D eigenvalue weighted by atomic mass is 79.9. The molecule has 0 aliphatic heterocycles. The molecule has 1 aromatic carbocycles. The van der Waals surface area contributed by atoms with E-state index in [0.29, 0.717) is 12.1 Å². The van der Waals surface area contributed by atoms with E-state index in [9.17, 15) is 14.9 Å². The number of carbonyl (C=O) groups is 1. The van der Waals surface area contributed by atoms with Crippen LogP contribution in [0.5, 0.6) is 0 Å². The summed E-state index contributed by atoms with van der Waals surface area (Å²) in [6.07, 6.45) is 0.426. The number of carboxylic acids is 1. The highest BCUT2D eigenvalue weighted by molar-refractivity contribution is 9.10. The molecule has 0 bridgehead atoms. The van der Waals surface area contributed by atoms with Crippen molar-refractivity contribution >= 4 is 33.3 Å². The second-order valence-electron chi connectivity index (χ2n) is 3.90. The number of carboxylic acid groups (broad SMARTS) is 1. The second-order valence-corrected chi connectivity index (χ2v) is 4.81. The number of halogens is 1. The molecule has 7 heteroatoms. The van der Waals surface area contributed by atoms with Crippen molar-refractivity contribution in [3.63, 3.8) is 0 Å². The zero-order chi connectivity index (χ0) is 13.7.